The number of benzene rings is 1. The van der Waals surface area contributed by atoms with Gasteiger partial charge in [0, 0.05) is 28.9 Å². The van der Waals surface area contributed by atoms with E-state index >= 15 is 0 Å². The maximum Gasteiger partial charge on any atom is 0.104 e. The van der Waals surface area contributed by atoms with Crippen LogP contribution in [0.5, 0.6) is 0 Å². The monoisotopic (exact) mass is 362 g/mol. The smallest absolute Gasteiger partial charge is 0.104 e. The number of nitrogens with zero attached hydrogens (tertiary/aromatic N) is 1. The fourth-order valence-electron chi connectivity index (χ4n) is 4.48. The second-order valence-electron chi connectivity index (χ2n) is 7.93. The van der Waals surface area contributed by atoms with E-state index in [1.165, 1.54) is 47.5 Å². The summed E-state index contributed by atoms with van der Waals surface area (Å²) in [5.74, 6) is 0.577. The minimum Gasteiger partial charge on any atom is -0.310 e. The number of hydrogen-bond acceptors (Lipinski definition) is 2. The van der Waals surface area contributed by atoms with E-state index < -0.39 is 0 Å². The van der Waals surface area contributed by atoms with Crippen LogP contribution < -0.4 is 5.32 Å². The second kappa shape index (κ2) is 6.40. The quantitative estimate of drug-likeness (QED) is 0.616. The van der Waals surface area contributed by atoms with E-state index in [0.29, 0.717) is 5.92 Å². The van der Waals surface area contributed by atoms with Gasteiger partial charge in [-0.05, 0) is 60.4 Å². The van der Waals surface area contributed by atoms with Crippen molar-refractivity contribution in [3.8, 4) is 5.00 Å². The molecule has 26 heavy (non-hydrogen) atoms. The van der Waals surface area contributed by atoms with E-state index in [4.69, 9.17) is 0 Å². The largest absolute Gasteiger partial charge is 0.310 e. The van der Waals surface area contributed by atoms with Crippen molar-refractivity contribution >= 4 is 11.3 Å². The minimum absolute atomic E-state index is 0.255. The van der Waals surface area contributed by atoms with Crippen LogP contribution in [-0.4, -0.2) is 4.57 Å². The minimum atomic E-state index is 0.255. The third-order valence-electron chi connectivity index (χ3n) is 5.97. The molecule has 0 saturated carbocycles. The third-order valence-corrected chi connectivity index (χ3v) is 7.31. The summed E-state index contributed by atoms with van der Waals surface area (Å²) >= 11 is 2.02. The lowest BCUT2D eigenvalue weighted by molar-refractivity contribution is 0.594. The molecule has 1 N–H and O–H groups in total. The van der Waals surface area contributed by atoms with Crippen LogP contribution in [0.4, 0.5) is 0 Å². The molecule has 1 unspecified atom stereocenters. The Balaban J connectivity index is 1.57. The Kier molecular flexibility index (Phi) is 4.02. The summed E-state index contributed by atoms with van der Waals surface area (Å²) in [6, 6.07) is 13.9. The van der Waals surface area contributed by atoms with Gasteiger partial charge in [0.15, 0.2) is 0 Å². The molecule has 0 spiro atoms. The van der Waals surface area contributed by atoms with Crippen molar-refractivity contribution in [2.75, 3.05) is 0 Å². The molecule has 2 aromatic heterocycles. The highest BCUT2D eigenvalue weighted by atomic mass is 32.1. The van der Waals surface area contributed by atoms with Crippen molar-refractivity contribution in [1.29, 1.82) is 0 Å². The van der Waals surface area contributed by atoms with Crippen LogP contribution in [0, 0.1) is 0 Å². The Bertz CT molecular complexity index is 930. The van der Waals surface area contributed by atoms with Crippen LogP contribution in [0.2, 0.25) is 0 Å². The van der Waals surface area contributed by atoms with Crippen molar-refractivity contribution < 1.29 is 0 Å². The molecule has 0 bridgehead atoms. The summed E-state index contributed by atoms with van der Waals surface area (Å²) in [6.45, 7) is 5.48. The highest BCUT2D eigenvalue weighted by Crippen LogP contribution is 2.40. The van der Waals surface area contributed by atoms with Crippen LogP contribution >= 0.6 is 11.3 Å². The van der Waals surface area contributed by atoms with Crippen LogP contribution in [0.25, 0.3) is 5.00 Å². The highest BCUT2D eigenvalue weighted by Gasteiger charge is 2.28. The molecular weight excluding hydrogens is 336 g/mol. The van der Waals surface area contributed by atoms with Gasteiger partial charge in [-0.3, -0.25) is 0 Å². The van der Waals surface area contributed by atoms with Crippen LogP contribution in [0.3, 0.4) is 0 Å². The Labute approximate surface area is 159 Å². The number of rotatable bonds is 2. The van der Waals surface area contributed by atoms with Gasteiger partial charge >= 0.3 is 0 Å². The molecule has 2 nitrogen and oxygen atoms in total. The first-order chi connectivity index (χ1) is 12.7. The van der Waals surface area contributed by atoms with Gasteiger partial charge in [0.2, 0.25) is 0 Å². The third kappa shape index (κ3) is 2.57. The maximum absolute atomic E-state index is 3.87. The molecule has 0 saturated heterocycles. The Morgan fingerprint density at radius 2 is 1.85 bits per heavy atom. The zero-order valence-electron chi connectivity index (χ0n) is 15.6. The first kappa shape index (κ1) is 16.3. The first-order valence-electron chi connectivity index (χ1n) is 9.86. The average Bonchev–Trinajstić information content (AvgIpc) is 3.24. The van der Waals surface area contributed by atoms with E-state index in [2.05, 4.69) is 66.3 Å². The van der Waals surface area contributed by atoms with Crippen LogP contribution in [0.15, 0.2) is 42.6 Å². The first-order valence-corrected chi connectivity index (χ1v) is 10.7. The van der Waals surface area contributed by atoms with Gasteiger partial charge in [-0.15, -0.1) is 11.3 Å². The number of fused-ring (bicyclic) bond motifs is 5. The molecule has 2 aliphatic rings. The summed E-state index contributed by atoms with van der Waals surface area (Å²) in [7, 11) is 0. The standard InChI is InChI=1S/C23H26N2S/c1-15(2)16-9-11-17(12-10-16)22-20-7-5-13-25(20)23-19(14-24-22)18-6-3-4-8-21(18)26-23/h5,7,9-13,15,22,24H,3-4,6,8,14H2,1-2H3. The number of thiophene rings is 1. The Morgan fingerprint density at radius 3 is 2.65 bits per heavy atom. The lowest BCUT2D eigenvalue weighted by Gasteiger charge is -2.19. The summed E-state index contributed by atoms with van der Waals surface area (Å²) < 4.78 is 2.44. The van der Waals surface area contributed by atoms with E-state index in [9.17, 15) is 0 Å². The summed E-state index contributed by atoms with van der Waals surface area (Å²) in [5.41, 5.74) is 7.31. The molecule has 1 atom stereocenters. The molecule has 3 heteroatoms. The van der Waals surface area contributed by atoms with E-state index in [1.54, 1.807) is 16.0 Å². The lowest BCUT2D eigenvalue weighted by atomic mass is 9.95. The molecule has 1 aliphatic carbocycles. The molecule has 1 aliphatic heterocycles. The van der Waals surface area contributed by atoms with Crippen molar-refractivity contribution in [2.24, 2.45) is 0 Å². The fraction of sp³-hybridized carbons (Fsp3) is 0.391. The van der Waals surface area contributed by atoms with Gasteiger partial charge < -0.3 is 9.88 Å². The van der Waals surface area contributed by atoms with Gasteiger partial charge in [-0.25, -0.2) is 0 Å². The number of aromatic nitrogens is 1. The Hall–Kier alpha value is -1.84. The zero-order valence-corrected chi connectivity index (χ0v) is 16.4. The molecule has 0 amide bonds. The van der Waals surface area contributed by atoms with Gasteiger partial charge in [0.05, 0.1) is 6.04 Å². The second-order valence-corrected chi connectivity index (χ2v) is 9.02. The lowest BCUT2D eigenvalue weighted by Crippen LogP contribution is -2.22. The average molecular weight is 363 g/mol. The van der Waals surface area contributed by atoms with Crippen molar-refractivity contribution in [2.45, 2.75) is 58.0 Å². The van der Waals surface area contributed by atoms with E-state index in [0.717, 1.165) is 6.54 Å². The summed E-state index contributed by atoms with van der Waals surface area (Å²) in [4.78, 5) is 1.63. The molecule has 0 radical (unpaired) electrons. The van der Waals surface area contributed by atoms with E-state index in [1.807, 2.05) is 11.3 Å². The number of aryl methyl sites for hydroxylation is 1. The number of hydrogen-bond donors (Lipinski definition) is 1. The summed E-state index contributed by atoms with van der Waals surface area (Å²) in [6.07, 6.45) is 7.47. The van der Waals surface area contributed by atoms with Gasteiger partial charge in [-0.1, -0.05) is 38.1 Å². The van der Waals surface area contributed by atoms with Crippen molar-refractivity contribution in [1.82, 2.24) is 9.88 Å². The molecule has 0 fully saturated rings. The zero-order chi connectivity index (χ0) is 17.7. The van der Waals surface area contributed by atoms with Crippen LogP contribution in [-0.2, 0) is 19.4 Å². The Morgan fingerprint density at radius 1 is 1.04 bits per heavy atom. The molecular formula is C23H26N2S. The van der Waals surface area contributed by atoms with Gasteiger partial charge in [0.25, 0.3) is 0 Å². The topological polar surface area (TPSA) is 17.0 Å². The molecule has 3 heterocycles. The van der Waals surface area contributed by atoms with Gasteiger partial charge in [0.1, 0.15) is 5.00 Å². The van der Waals surface area contributed by atoms with Crippen molar-refractivity contribution in [3.63, 3.8) is 0 Å². The fourth-order valence-corrected chi connectivity index (χ4v) is 5.89. The SMILES string of the molecule is CC(C)c1ccc(C2NCc3c(sc4c3CCCC4)-n3cccc32)cc1. The highest BCUT2D eigenvalue weighted by molar-refractivity contribution is 7.15. The molecule has 134 valence electrons. The van der Waals surface area contributed by atoms with Gasteiger partial charge in [-0.2, -0.15) is 0 Å². The molecule has 3 aromatic rings. The molecule has 5 rings (SSSR count). The van der Waals surface area contributed by atoms with Crippen LogP contribution in [0.1, 0.15) is 71.5 Å². The van der Waals surface area contributed by atoms with E-state index in [-0.39, 0.29) is 6.04 Å². The predicted molar refractivity (Wildman–Crippen MR) is 110 cm³/mol. The molecule has 1 aromatic carbocycles. The number of nitrogens with one attached hydrogen (secondary N) is 1. The normalized spacial score (nSPS) is 19.0. The maximum atomic E-state index is 3.87. The van der Waals surface area contributed by atoms with Crippen molar-refractivity contribution in [3.05, 3.63) is 75.4 Å². The summed E-state index contributed by atoms with van der Waals surface area (Å²) in [5, 5.41) is 5.32. The predicted octanol–water partition coefficient (Wildman–Crippen LogP) is 5.73.